The van der Waals surface area contributed by atoms with Crippen LogP contribution in [0, 0.1) is 6.92 Å². The lowest BCUT2D eigenvalue weighted by Gasteiger charge is -2.18. The predicted molar refractivity (Wildman–Crippen MR) is 86.7 cm³/mol. The lowest BCUT2D eigenvalue weighted by molar-refractivity contribution is 0.490. The number of halogens is 1. The van der Waals surface area contributed by atoms with Crippen molar-refractivity contribution in [3.05, 3.63) is 46.5 Å². The number of likely N-dealkylation sites (N-methyl/N-ethyl adjacent to an activating group) is 1. The number of aryl methyl sites for hydroxylation is 3. The molecule has 0 fully saturated rings. The second-order valence-electron chi connectivity index (χ2n) is 5.33. The number of hydrogen-bond donors (Lipinski definition) is 1. The molecule has 5 heteroatoms. The quantitative estimate of drug-likeness (QED) is 0.855. The number of hydrogen-bond acceptors (Lipinski definition) is 3. The fraction of sp³-hybridized carbons (Fsp3) is 0.500. The minimum absolute atomic E-state index is 0.406. The van der Waals surface area contributed by atoms with Gasteiger partial charge in [0, 0.05) is 31.0 Å². The van der Waals surface area contributed by atoms with Crippen LogP contribution in [0.4, 0.5) is 0 Å². The van der Waals surface area contributed by atoms with Crippen molar-refractivity contribution in [1.82, 2.24) is 20.1 Å². The SMILES string of the molecule is CCNC(CCc1ccncc1)Cc1c(C)nn(C)c1Cl. The Morgan fingerprint density at radius 1 is 1.33 bits per heavy atom. The van der Waals surface area contributed by atoms with Crippen molar-refractivity contribution in [2.24, 2.45) is 7.05 Å². The van der Waals surface area contributed by atoms with E-state index in [2.05, 4.69) is 34.5 Å². The topological polar surface area (TPSA) is 42.7 Å². The maximum Gasteiger partial charge on any atom is 0.130 e. The molecule has 2 heterocycles. The fourth-order valence-corrected chi connectivity index (χ4v) is 2.86. The van der Waals surface area contributed by atoms with Crippen LogP contribution in [0.25, 0.3) is 0 Å². The van der Waals surface area contributed by atoms with E-state index >= 15 is 0 Å². The summed E-state index contributed by atoms with van der Waals surface area (Å²) < 4.78 is 1.75. The molecule has 2 aromatic rings. The van der Waals surface area contributed by atoms with Gasteiger partial charge in [-0.25, -0.2) is 0 Å². The van der Waals surface area contributed by atoms with Gasteiger partial charge in [0.15, 0.2) is 0 Å². The maximum atomic E-state index is 6.34. The van der Waals surface area contributed by atoms with Gasteiger partial charge in [-0.05, 0) is 50.4 Å². The third-order valence-corrected chi connectivity index (χ3v) is 4.22. The molecule has 1 atom stereocenters. The smallest absolute Gasteiger partial charge is 0.130 e. The number of pyridine rings is 1. The highest BCUT2D eigenvalue weighted by atomic mass is 35.5. The van der Waals surface area contributed by atoms with E-state index in [1.54, 1.807) is 4.68 Å². The fourth-order valence-electron chi connectivity index (χ4n) is 2.61. The molecule has 2 rings (SSSR count). The van der Waals surface area contributed by atoms with Gasteiger partial charge in [-0.3, -0.25) is 9.67 Å². The van der Waals surface area contributed by atoms with Crippen molar-refractivity contribution in [3.8, 4) is 0 Å². The Balaban J connectivity index is 2.02. The molecule has 0 aliphatic carbocycles. The van der Waals surface area contributed by atoms with E-state index < -0.39 is 0 Å². The largest absolute Gasteiger partial charge is 0.314 e. The summed E-state index contributed by atoms with van der Waals surface area (Å²) in [5.41, 5.74) is 3.50. The zero-order valence-corrected chi connectivity index (χ0v) is 13.7. The van der Waals surface area contributed by atoms with Gasteiger partial charge < -0.3 is 5.32 Å². The number of rotatable bonds is 7. The summed E-state index contributed by atoms with van der Waals surface area (Å²) in [6.45, 7) is 5.11. The molecule has 0 radical (unpaired) electrons. The van der Waals surface area contributed by atoms with Crippen molar-refractivity contribution < 1.29 is 0 Å². The lowest BCUT2D eigenvalue weighted by atomic mass is 10.00. The van der Waals surface area contributed by atoms with Crippen molar-refractivity contribution in [3.63, 3.8) is 0 Å². The first kappa shape index (κ1) is 16.0. The van der Waals surface area contributed by atoms with E-state index in [1.807, 2.05) is 26.4 Å². The van der Waals surface area contributed by atoms with Gasteiger partial charge in [0.25, 0.3) is 0 Å². The van der Waals surface area contributed by atoms with Crippen LogP contribution in [0.15, 0.2) is 24.5 Å². The van der Waals surface area contributed by atoms with E-state index in [0.717, 1.165) is 42.2 Å². The monoisotopic (exact) mass is 306 g/mol. The molecule has 0 aliphatic rings. The predicted octanol–water partition coefficient (Wildman–Crippen LogP) is 2.93. The Bertz CT molecular complexity index is 565. The van der Waals surface area contributed by atoms with Crippen LogP contribution in [0.2, 0.25) is 5.15 Å². The first-order valence-electron chi connectivity index (χ1n) is 7.42. The molecule has 0 amide bonds. The zero-order chi connectivity index (χ0) is 15.2. The van der Waals surface area contributed by atoms with Gasteiger partial charge in [0.2, 0.25) is 0 Å². The second kappa shape index (κ2) is 7.57. The summed E-state index contributed by atoms with van der Waals surface area (Å²) >= 11 is 6.34. The second-order valence-corrected chi connectivity index (χ2v) is 5.69. The van der Waals surface area contributed by atoms with Crippen LogP contribution >= 0.6 is 11.6 Å². The van der Waals surface area contributed by atoms with Gasteiger partial charge in [-0.15, -0.1) is 0 Å². The van der Waals surface area contributed by atoms with Crippen LogP contribution in [-0.2, 0) is 19.9 Å². The van der Waals surface area contributed by atoms with Crippen molar-refractivity contribution >= 4 is 11.6 Å². The molecule has 21 heavy (non-hydrogen) atoms. The van der Waals surface area contributed by atoms with Crippen molar-refractivity contribution in [1.29, 1.82) is 0 Å². The van der Waals surface area contributed by atoms with Crippen molar-refractivity contribution in [2.75, 3.05) is 6.54 Å². The van der Waals surface area contributed by atoms with Gasteiger partial charge in [-0.2, -0.15) is 5.10 Å². The van der Waals surface area contributed by atoms with Crippen molar-refractivity contribution in [2.45, 2.75) is 39.2 Å². The Hall–Kier alpha value is -1.39. The third kappa shape index (κ3) is 4.29. The molecular weight excluding hydrogens is 284 g/mol. The van der Waals surface area contributed by atoms with Crippen LogP contribution in [0.3, 0.4) is 0 Å². The number of aromatic nitrogens is 3. The first-order chi connectivity index (χ1) is 10.1. The van der Waals surface area contributed by atoms with Crippen LogP contribution in [0.5, 0.6) is 0 Å². The normalized spacial score (nSPS) is 12.6. The Labute approximate surface area is 131 Å². The Kier molecular flexibility index (Phi) is 5.76. The summed E-state index contributed by atoms with van der Waals surface area (Å²) in [6, 6.07) is 4.56. The van der Waals surface area contributed by atoms with Crippen LogP contribution in [0.1, 0.15) is 30.2 Å². The van der Waals surface area contributed by atoms with Crippen LogP contribution in [-0.4, -0.2) is 27.4 Å². The molecule has 4 nitrogen and oxygen atoms in total. The highest BCUT2D eigenvalue weighted by Gasteiger charge is 2.16. The van der Waals surface area contributed by atoms with E-state index in [9.17, 15) is 0 Å². The summed E-state index contributed by atoms with van der Waals surface area (Å²) in [6.07, 6.45) is 6.72. The molecule has 0 spiro atoms. The number of nitrogens with zero attached hydrogens (tertiary/aromatic N) is 3. The minimum Gasteiger partial charge on any atom is -0.314 e. The van der Waals surface area contributed by atoms with Crippen LogP contribution < -0.4 is 5.32 Å². The first-order valence-corrected chi connectivity index (χ1v) is 7.79. The van der Waals surface area contributed by atoms with E-state index in [1.165, 1.54) is 5.56 Å². The molecule has 0 bridgehead atoms. The molecule has 0 aromatic carbocycles. The molecule has 1 unspecified atom stereocenters. The molecule has 1 N–H and O–H groups in total. The standard InChI is InChI=1S/C16H23ClN4/c1-4-19-14(6-5-13-7-9-18-10-8-13)11-15-12(2)20-21(3)16(15)17/h7-10,14,19H,4-6,11H2,1-3H3. The minimum atomic E-state index is 0.406. The average molecular weight is 307 g/mol. The third-order valence-electron chi connectivity index (χ3n) is 3.74. The molecular formula is C16H23ClN4. The highest BCUT2D eigenvalue weighted by molar-refractivity contribution is 6.30. The Morgan fingerprint density at radius 3 is 2.62 bits per heavy atom. The molecule has 0 aliphatic heterocycles. The summed E-state index contributed by atoms with van der Waals surface area (Å²) in [7, 11) is 1.89. The maximum absolute atomic E-state index is 6.34. The highest BCUT2D eigenvalue weighted by Crippen LogP contribution is 2.21. The lowest BCUT2D eigenvalue weighted by Crippen LogP contribution is -2.31. The van der Waals surface area contributed by atoms with Gasteiger partial charge in [0.05, 0.1) is 5.69 Å². The molecule has 2 aromatic heterocycles. The zero-order valence-electron chi connectivity index (χ0n) is 12.9. The molecule has 0 saturated carbocycles. The summed E-state index contributed by atoms with van der Waals surface area (Å²) in [5.74, 6) is 0. The number of nitrogens with one attached hydrogen (secondary N) is 1. The van der Waals surface area contributed by atoms with E-state index in [0.29, 0.717) is 6.04 Å². The van der Waals surface area contributed by atoms with Gasteiger partial charge in [0.1, 0.15) is 5.15 Å². The molecule has 114 valence electrons. The summed E-state index contributed by atoms with van der Waals surface area (Å²) in [5, 5.41) is 8.69. The van der Waals surface area contributed by atoms with E-state index in [4.69, 9.17) is 11.6 Å². The van der Waals surface area contributed by atoms with Gasteiger partial charge in [-0.1, -0.05) is 18.5 Å². The molecule has 0 saturated heterocycles. The van der Waals surface area contributed by atoms with E-state index in [-0.39, 0.29) is 0 Å². The van der Waals surface area contributed by atoms with Gasteiger partial charge >= 0.3 is 0 Å². The Morgan fingerprint density at radius 2 is 2.05 bits per heavy atom. The average Bonchev–Trinajstić information content (AvgIpc) is 2.72. The summed E-state index contributed by atoms with van der Waals surface area (Å²) in [4.78, 5) is 4.06.